The average molecular weight is 329 g/mol. The highest BCUT2D eigenvalue weighted by atomic mass is 16.1. The highest BCUT2D eigenvalue weighted by Crippen LogP contribution is 2.31. The molecule has 2 aliphatic rings. The maximum Gasteiger partial charge on any atom is 0.293 e. The van der Waals surface area contributed by atoms with Crippen LogP contribution in [0, 0.1) is 11.3 Å². The van der Waals surface area contributed by atoms with Crippen LogP contribution < -0.4 is 20.5 Å². The average Bonchev–Trinajstić information content (AvgIpc) is 3.05. The maximum absolute atomic E-state index is 11.1. The van der Waals surface area contributed by atoms with Crippen molar-refractivity contribution in [2.75, 3.05) is 37.6 Å². The van der Waals surface area contributed by atoms with Gasteiger partial charge in [0.1, 0.15) is 43.5 Å². The second-order valence-corrected chi connectivity index (χ2v) is 6.88. The third-order valence-corrected chi connectivity index (χ3v) is 5.21. The fourth-order valence-electron chi connectivity index (χ4n) is 4.07. The number of pyridine rings is 1. The van der Waals surface area contributed by atoms with Crippen molar-refractivity contribution >= 4 is 11.7 Å². The van der Waals surface area contributed by atoms with Crippen LogP contribution in [0.1, 0.15) is 42.1 Å². The second-order valence-electron chi connectivity index (χ2n) is 6.88. The zero-order valence-corrected chi connectivity index (χ0v) is 14.5. The van der Waals surface area contributed by atoms with E-state index in [1.165, 1.54) is 21.7 Å². The van der Waals surface area contributed by atoms with E-state index in [0.29, 0.717) is 6.54 Å². The molecule has 1 fully saturated rings. The van der Waals surface area contributed by atoms with Crippen molar-refractivity contribution in [3.05, 3.63) is 22.4 Å². The van der Waals surface area contributed by atoms with Crippen molar-refractivity contribution in [2.24, 2.45) is 5.73 Å². The van der Waals surface area contributed by atoms with Crippen LogP contribution in [0.25, 0.3) is 0 Å². The van der Waals surface area contributed by atoms with Gasteiger partial charge in [-0.3, -0.25) is 4.79 Å². The lowest BCUT2D eigenvalue weighted by molar-refractivity contribution is -0.892. The van der Waals surface area contributed by atoms with Gasteiger partial charge in [-0.1, -0.05) is 6.92 Å². The Balaban J connectivity index is 1.87. The molecule has 1 aromatic rings. The summed E-state index contributed by atoms with van der Waals surface area (Å²) in [4.78, 5) is 18.2. The van der Waals surface area contributed by atoms with Crippen molar-refractivity contribution in [1.29, 1.82) is 5.26 Å². The van der Waals surface area contributed by atoms with Crippen molar-refractivity contribution in [3.8, 4) is 6.07 Å². The summed E-state index contributed by atoms with van der Waals surface area (Å²) in [5, 5.41) is 9.74. The van der Waals surface area contributed by atoms with Crippen LogP contribution in [-0.2, 0) is 24.1 Å². The number of hydrogen-bond donors (Lipinski definition) is 2. The number of primary amides is 1. The minimum absolute atomic E-state index is 0.245. The lowest BCUT2D eigenvalue weighted by atomic mass is 10.0. The van der Waals surface area contributed by atoms with Crippen LogP contribution in [0.4, 0.5) is 5.82 Å². The largest absolute Gasteiger partial charge is 0.365 e. The number of carbonyl (C=O) groups excluding carboxylic acids is 1. The fraction of sp³-hybridized carbons (Fsp3) is 0.611. The van der Waals surface area contributed by atoms with Gasteiger partial charge < -0.3 is 10.6 Å². The first-order chi connectivity index (χ1) is 11.6. The number of H-pyrrole nitrogens is 1. The minimum Gasteiger partial charge on any atom is -0.365 e. The Morgan fingerprint density at radius 2 is 2.04 bits per heavy atom. The van der Waals surface area contributed by atoms with Crippen LogP contribution in [0.5, 0.6) is 0 Å². The van der Waals surface area contributed by atoms with Crippen molar-refractivity contribution in [1.82, 2.24) is 0 Å². The molecule has 1 aliphatic heterocycles. The number of anilines is 1. The molecule has 1 saturated heterocycles. The molecule has 4 N–H and O–H groups in total. The summed E-state index contributed by atoms with van der Waals surface area (Å²) in [6.45, 7) is 6.03. The number of nitrogens with two attached hydrogens (primary N) is 1. The quantitative estimate of drug-likeness (QED) is 0.726. The molecule has 1 aromatic heterocycles. The summed E-state index contributed by atoms with van der Waals surface area (Å²) in [5.74, 6) is 0.741. The van der Waals surface area contributed by atoms with Crippen molar-refractivity contribution in [2.45, 2.75) is 39.0 Å². The second kappa shape index (κ2) is 7.18. The van der Waals surface area contributed by atoms with Crippen LogP contribution in [0.15, 0.2) is 0 Å². The van der Waals surface area contributed by atoms with Crippen LogP contribution in [0.2, 0.25) is 0 Å². The zero-order valence-electron chi connectivity index (χ0n) is 14.5. The van der Waals surface area contributed by atoms with Crippen LogP contribution in [-0.4, -0.2) is 38.6 Å². The molecule has 6 heteroatoms. The van der Waals surface area contributed by atoms with E-state index in [-0.39, 0.29) is 5.91 Å². The molecule has 0 bridgehead atoms. The number of piperazine rings is 1. The van der Waals surface area contributed by atoms with E-state index in [1.54, 1.807) is 0 Å². The third kappa shape index (κ3) is 3.22. The Morgan fingerprint density at radius 3 is 2.67 bits per heavy atom. The van der Waals surface area contributed by atoms with Crippen LogP contribution >= 0.6 is 0 Å². The number of nitrogens with one attached hydrogen (secondary N) is 2. The Morgan fingerprint density at radius 1 is 1.33 bits per heavy atom. The molecule has 0 atom stereocenters. The number of carbonyl (C=O) groups is 1. The number of aromatic nitrogens is 1. The van der Waals surface area contributed by atoms with Crippen molar-refractivity contribution < 1.29 is 14.7 Å². The van der Waals surface area contributed by atoms with Gasteiger partial charge >= 0.3 is 0 Å². The monoisotopic (exact) mass is 329 g/mol. The maximum atomic E-state index is 11.1. The first-order valence-electron chi connectivity index (χ1n) is 9.00. The molecule has 6 nitrogen and oxygen atoms in total. The molecule has 0 saturated carbocycles. The van der Waals surface area contributed by atoms with Crippen LogP contribution in [0.3, 0.4) is 0 Å². The molecule has 24 heavy (non-hydrogen) atoms. The lowest BCUT2D eigenvalue weighted by Crippen LogP contribution is -3.15. The van der Waals surface area contributed by atoms with Gasteiger partial charge in [0.05, 0.1) is 0 Å². The number of rotatable bonds is 5. The first-order valence-corrected chi connectivity index (χ1v) is 9.00. The lowest BCUT2D eigenvalue weighted by Gasteiger charge is -2.28. The predicted octanol–water partition coefficient (Wildman–Crippen LogP) is -0.996. The predicted molar refractivity (Wildman–Crippen MR) is 90.7 cm³/mol. The van der Waals surface area contributed by atoms with E-state index in [1.807, 2.05) is 0 Å². The van der Waals surface area contributed by atoms with Gasteiger partial charge in [0.15, 0.2) is 6.54 Å². The molecule has 0 spiro atoms. The summed E-state index contributed by atoms with van der Waals surface area (Å²) in [5.41, 5.74) is 10.1. The van der Waals surface area contributed by atoms with Gasteiger partial charge in [0, 0.05) is 6.42 Å². The normalized spacial score (nSPS) is 17.6. The standard InChI is InChI=1S/C18H25N5O/c1-2-4-16-14-6-3-5-13(14)15(11-19)18(21-16)23-9-7-22(8-10-23)12-17(20)24/h2-10,12H2,1H3,(H2,20,24)/p+2. The molecule has 0 unspecified atom stereocenters. The van der Waals surface area contributed by atoms with E-state index < -0.39 is 0 Å². The number of fused-ring (bicyclic) bond motifs is 1. The fourth-order valence-corrected chi connectivity index (χ4v) is 4.07. The number of nitriles is 1. The topological polar surface area (TPSA) is 88.7 Å². The molecular formula is C18H27N5O+2. The molecule has 128 valence electrons. The molecule has 2 heterocycles. The third-order valence-electron chi connectivity index (χ3n) is 5.21. The summed E-state index contributed by atoms with van der Waals surface area (Å²) in [6, 6.07) is 2.45. The molecular weight excluding hydrogens is 302 g/mol. The minimum atomic E-state index is -0.245. The van der Waals surface area contributed by atoms with Crippen molar-refractivity contribution in [3.63, 3.8) is 0 Å². The zero-order chi connectivity index (χ0) is 17.1. The van der Waals surface area contributed by atoms with E-state index in [4.69, 9.17) is 5.73 Å². The van der Waals surface area contributed by atoms with E-state index in [0.717, 1.165) is 69.7 Å². The molecule has 0 aromatic carbocycles. The van der Waals surface area contributed by atoms with E-state index >= 15 is 0 Å². The van der Waals surface area contributed by atoms with Gasteiger partial charge in [-0.2, -0.15) is 5.26 Å². The highest BCUT2D eigenvalue weighted by Gasteiger charge is 2.33. The summed E-state index contributed by atoms with van der Waals surface area (Å²) in [7, 11) is 0. The Hall–Kier alpha value is -2.13. The Kier molecular flexibility index (Phi) is 5.00. The van der Waals surface area contributed by atoms with Gasteiger partial charge in [-0.25, -0.2) is 9.88 Å². The summed E-state index contributed by atoms with van der Waals surface area (Å²) in [6.07, 6.45) is 5.39. The Labute approximate surface area is 143 Å². The highest BCUT2D eigenvalue weighted by molar-refractivity contribution is 5.74. The van der Waals surface area contributed by atoms with Gasteiger partial charge in [-0.05, 0) is 36.8 Å². The number of nitrogens with zero attached hydrogens (tertiary/aromatic N) is 2. The molecule has 1 aliphatic carbocycles. The molecule has 3 rings (SSSR count). The van der Waals surface area contributed by atoms with E-state index in [9.17, 15) is 10.1 Å². The SMILES string of the molecule is CCCc1[nH+]c(N2CC[NH+](CC(N)=O)CC2)c(C#N)c2c1CCC2. The van der Waals surface area contributed by atoms with Gasteiger partial charge in [0.25, 0.3) is 11.7 Å². The van der Waals surface area contributed by atoms with Gasteiger partial charge in [0.2, 0.25) is 0 Å². The Bertz CT molecular complexity index is 671. The number of aryl methyl sites for hydroxylation is 1. The van der Waals surface area contributed by atoms with Gasteiger partial charge in [-0.15, -0.1) is 0 Å². The number of aromatic amines is 1. The number of hydrogen-bond acceptors (Lipinski definition) is 3. The molecule has 0 radical (unpaired) electrons. The summed E-state index contributed by atoms with van der Waals surface area (Å²) < 4.78 is 0. The van der Waals surface area contributed by atoms with E-state index in [2.05, 4.69) is 22.9 Å². The smallest absolute Gasteiger partial charge is 0.293 e. The first kappa shape index (κ1) is 16.7. The number of amides is 1. The summed E-state index contributed by atoms with van der Waals surface area (Å²) >= 11 is 0. The number of quaternary nitrogens is 1. The molecule has 1 amide bonds.